The van der Waals surface area contributed by atoms with Gasteiger partial charge in [0.1, 0.15) is 0 Å². The summed E-state index contributed by atoms with van der Waals surface area (Å²) >= 11 is 0. The molecule has 0 aromatic rings. The van der Waals surface area contributed by atoms with E-state index in [-0.39, 0.29) is 0 Å². The minimum Gasteiger partial charge on any atom is -0.0879 e. The smallest absolute Gasteiger partial charge is 0.00824 e. The number of rotatable bonds is 1. The van der Waals surface area contributed by atoms with E-state index < -0.39 is 0 Å². The predicted octanol–water partition coefficient (Wildman–Crippen LogP) is 6.86. The molecule has 0 nitrogen and oxygen atoms in total. The van der Waals surface area contributed by atoms with Gasteiger partial charge < -0.3 is 0 Å². The highest BCUT2D eigenvalue weighted by Gasteiger charge is 2.60. The second-order valence-corrected chi connectivity index (χ2v) is 10.7. The monoisotopic (exact) mass is 326 g/mol. The van der Waals surface area contributed by atoms with Gasteiger partial charge in [-0.3, -0.25) is 0 Å². The highest BCUT2D eigenvalue weighted by Crippen LogP contribution is 2.68. The molecule has 0 heteroatoms. The molecule has 0 spiro atoms. The lowest BCUT2D eigenvalue weighted by Gasteiger charge is -2.56. The minimum atomic E-state index is 0.581. The van der Waals surface area contributed by atoms with E-state index in [9.17, 15) is 0 Å². The Morgan fingerprint density at radius 1 is 0.833 bits per heavy atom. The van der Waals surface area contributed by atoms with Gasteiger partial charge in [0.2, 0.25) is 0 Å². The van der Waals surface area contributed by atoms with Crippen LogP contribution in [0.15, 0.2) is 11.6 Å². The van der Waals surface area contributed by atoms with Crippen molar-refractivity contribution in [1.29, 1.82) is 0 Å². The van der Waals surface area contributed by atoms with Crippen molar-refractivity contribution in [3.05, 3.63) is 11.6 Å². The van der Waals surface area contributed by atoms with Crippen LogP contribution in [-0.4, -0.2) is 0 Å². The maximum absolute atomic E-state index is 2.68. The van der Waals surface area contributed by atoms with Crippen molar-refractivity contribution in [2.24, 2.45) is 52.8 Å². The highest BCUT2D eigenvalue weighted by atomic mass is 14.6. The zero-order valence-electron chi connectivity index (χ0n) is 16.3. The second-order valence-electron chi connectivity index (χ2n) is 10.7. The summed E-state index contributed by atoms with van der Waals surface area (Å²) in [5.74, 6) is 8.63. The molecule has 5 aliphatic carbocycles. The molecule has 134 valence electrons. The van der Waals surface area contributed by atoms with Crippen molar-refractivity contribution in [1.82, 2.24) is 0 Å². The molecule has 0 heterocycles. The lowest BCUT2D eigenvalue weighted by Crippen LogP contribution is -2.49. The Balaban J connectivity index is 1.46. The number of hydrogen-bond acceptors (Lipinski definition) is 0. The molecule has 0 bridgehead atoms. The molecule has 0 unspecified atom stereocenters. The molecule has 0 aromatic heterocycles. The fourth-order valence-corrected chi connectivity index (χ4v) is 8.55. The van der Waals surface area contributed by atoms with Crippen molar-refractivity contribution in [2.45, 2.75) is 85.0 Å². The van der Waals surface area contributed by atoms with Crippen LogP contribution in [0.25, 0.3) is 0 Å². The molecule has 5 rings (SSSR count). The van der Waals surface area contributed by atoms with Crippen LogP contribution in [0, 0.1) is 52.8 Å². The average Bonchev–Trinajstić information content (AvgIpc) is 3.37. The SMILES string of the molecule is C/C=C1\C[C@@H](C2CC2)[C@H]2[C@@H]3CC[C@@H]4C[C@H](C)CC[C@@H]4[C@H]3CC[C@]12C. The van der Waals surface area contributed by atoms with Gasteiger partial charge in [-0.2, -0.15) is 0 Å². The van der Waals surface area contributed by atoms with Crippen molar-refractivity contribution in [3.8, 4) is 0 Å². The van der Waals surface area contributed by atoms with Crippen LogP contribution in [0.3, 0.4) is 0 Å². The van der Waals surface area contributed by atoms with Crippen molar-refractivity contribution >= 4 is 0 Å². The lowest BCUT2D eigenvalue weighted by atomic mass is 9.48. The lowest BCUT2D eigenvalue weighted by molar-refractivity contribution is -0.0632. The van der Waals surface area contributed by atoms with E-state index >= 15 is 0 Å². The highest BCUT2D eigenvalue weighted by molar-refractivity contribution is 5.26. The third-order valence-corrected chi connectivity index (χ3v) is 9.69. The first-order chi connectivity index (χ1) is 11.6. The minimum absolute atomic E-state index is 0.581. The van der Waals surface area contributed by atoms with Crippen LogP contribution in [0.2, 0.25) is 0 Å². The Labute approximate surface area is 149 Å². The van der Waals surface area contributed by atoms with Crippen molar-refractivity contribution < 1.29 is 0 Å². The fraction of sp³-hybridized carbons (Fsp3) is 0.917. The number of allylic oxidation sites excluding steroid dienone is 2. The summed E-state index contributed by atoms with van der Waals surface area (Å²) in [6.07, 6.45) is 18.0. The summed E-state index contributed by atoms with van der Waals surface area (Å²) in [7, 11) is 0. The molecular weight excluding hydrogens is 288 g/mol. The Morgan fingerprint density at radius 3 is 2.33 bits per heavy atom. The van der Waals surface area contributed by atoms with E-state index in [1.165, 1.54) is 19.3 Å². The van der Waals surface area contributed by atoms with Crippen LogP contribution < -0.4 is 0 Å². The molecule has 8 atom stereocenters. The zero-order valence-corrected chi connectivity index (χ0v) is 16.3. The van der Waals surface area contributed by atoms with Gasteiger partial charge in [0.15, 0.2) is 0 Å². The van der Waals surface area contributed by atoms with Crippen molar-refractivity contribution in [2.75, 3.05) is 0 Å². The third kappa shape index (κ3) is 2.23. The van der Waals surface area contributed by atoms with Crippen LogP contribution >= 0.6 is 0 Å². The molecular formula is C24H38. The predicted molar refractivity (Wildman–Crippen MR) is 102 cm³/mol. The molecule has 0 amide bonds. The van der Waals surface area contributed by atoms with E-state index in [4.69, 9.17) is 0 Å². The van der Waals surface area contributed by atoms with E-state index in [0.29, 0.717) is 5.41 Å². The summed E-state index contributed by atoms with van der Waals surface area (Å²) in [4.78, 5) is 0. The van der Waals surface area contributed by atoms with Gasteiger partial charge in [0.25, 0.3) is 0 Å². The zero-order chi connectivity index (χ0) is 16.5. The standard InChI is InChI=1S/C24H38/c1-4-18-14-22(16-6-7-16)23-21-10-8-17-13-15(2)5-9-19(17)20(21)11-12-24(18,23)3/h4,15-17,19-23H,5-14H2,1-3H3/b18-4+/t15-,17-,19+,20-,21-,22+,23-,24-/m1/s1. The van der Waals surface area contributed by atoms with E-state index in [0.717, 1.165) is 47.3 Å². The quantitative estimate of drug-likeness (QED) is 0.462. The molecule has 0 saturated heterocycles. The molecule has 5 aliphatic rings. The van der Waals surface area contributed by atoms with Gasteiger partial charge in [-0.15, -0.1) is 0 Å². The molecule has 24 heavy (non-hydrogen) atoms. The van der Waals surface area contributed by atoms with Gasteiger partial charge in [-0.1, -0.05) is 31.9 Å². The van der Waals surface area contributed by atoms with Crippen LogP contribution in [-0.2, 0) is 0 Å². The molecule has 5 saturated carbocycles. The Morgan fingerprint density at radius 2 is 1.58 bits per heavy atom. The van der Waals surface area contributed by atoms with E-state index in [1.807, 2.05) is 5.57 Å². The summed E-state index contributed by atoms with van der Waals surface area (Å²) in [6.45, 7) is 7.53. The summed E-state index contributed by atoms with van der Waals surface area (Å²) in [6, 6.07) is 0. The molecule has 0 radical (unpaired) electrons. The van der Waals surface area contributed by atoms with Crippen molar-refractivity contribution in [3.63, 3.8) is 0 Å². The van der Waals surface area contributed by atoms with Gasteiger partial charge in [-0.25, -0.2) is 0 Å². The van der Waals surface area contributed by atoms with Crippen LogP contribution in [0.1, 0.15) is 85.0 Å². The Bertz CT molecular complexity index is 526. The maximum Gasteiger partial charge on any atom is -0.00824 e. The maximum atomic E-state index is 2.68. The van der Waals surface area contributed by atoms with Crippen LogP contribution in [0.5, 0.6) is 0 Å². The largest absolute Gasteiger partial charge is 0.0879 e. The molecule has 0 aromatic carbocycles. The van der Waals surface area contributed by atoms with E-state index in [2.05, 4.69) is 26.8 Å². The number of fused-ring (bicyclic) bond motifs is 5. The normalized spacial score (nSPS) is 55.8. The van der Waals surface area contributed by atoms with Crippen LogP contribution in [0.4, 0.5) is 0 Å². The third-order valence-electron chi connectivity index (χ3n) is 9.69. The van der Waals surface area contributed by atoms with Gasteiger partial charge in [0.05, 0.1) is 0 Å². The van der Waals surface area contributed by atoms with Gasteiger partial charge in [0, 0.05) is 0 Å². The van der Waals surface area contributed by atoms with Gasteiger partial charge >= 0.3 is 0 Å². The topological polar surface area (TPSA) is 0 Å². The Hall–Kier alpha value is -0.260. The summed E-state index contributed by atoms with van der Waals surface area (Å²) in [5.41, 5.74) is 2.44. The molecule has 0 aliphatic heterocycles. The molecule has 5 fully saturated rings. The first-order valence-corrected chi connectivity index (χ1v) is 11.3. The average molecular weight is 327 g/mol. The number of hydrogen-bond donors (Lipinski definition) is 0. The first-order valence-electron chi connectivity index (χ1n) is 11.3. The van der Waals surface area contributed by atoms with E-state index in [1.54, 1.807) is 44.9 Å². The molecule has 0 N–H and O–H groups in total. The Kier molecular flexibility index (Phi) is 3.73. The fourth-order valence-electron chi connectivity index (χ4n) is 8.55. The summed E-state index contributed by atoms with van der Waals surface area (Å²) in [5, 5.41) is 0. The first kappa shape index (κ1) is 16.0. The second kappa shape index (κ2) is 5.62. The van der Waals surface area contributed by atoms with Gasteiger partial charge in [-0.05, 0) is 117 Å². The summed E-state index contributed by atoms with van der Waals surface area (Å²) < 4.78 is 0.